The van der Waals surface area contributed by atoms with E-state index in [-0.39, 0.29) is 18.6 Å². The molecule has 3 N–H and O–H groups in total. The Hall–Kier alpha value is -4.07. The van der Waals surface area contributed by atoms with Crippen molar-refractivity contribution >= 4 is 23.4 Å². The first kappa shape index (κ1) is 27.0. The number of nitriles is 1. The van der Waals surface area contributed by atoms with E-state index >= 15 is 0 Å². The van der Waals surface area contributed by atoms with Crippen molar-refractivity contribution in [3.63, 3.8) is 0 Å². The van der Waals surface area contributed by atoms with Crippen molar-refractivity contribution in [2.24, 2.45) is 0 Å². The minimum atomic E-state index is -0.808. The Labute approximate surface area is 222 Å². The van der Waals surface area contributed by atoms with Gasteiger partial charge in [0, 0.05) is 48.2 Å². The number of aryl methyl sites for hydroxylation is 1. The van der Waals surface area contributed by atoms with Crippen LogP contribution in [0.5, 0.6) is 0 Å². The molecule has 1 amide bonds. The van der Waals surface area contributed by atoms with Gasteiger partial charge in [0.25, 0.3) is 5.91 Å². The summed E-state index contributed by atoms with van der Waals surface area (Å²) < 4.78 is 5.50. The number of morpholine rings is 1. The van der Waals surface area contributed by atoms with Gasteiger partial charge in [-0.05, 0) is 57.5 Å². The number of nitrogens with zero attached hydrogens (tertiary/aromatic N) is 5. The first-order valence-corrected chi connectivity index (χ1v) is 12.6. The maximum absolute atomic E-state index is 13.1. The van der Waals surface area contributed by atoms with Crippen LogP contribution in [0.2, 0.25) is 0 Å². The largest absolute Gasteiger partial charge is 0.394 e. The number of benzene rings is 1. The predicted molar refractivity (Wildman–Crippen MR) is 146 cm³/mol. The molecule has 10 heteroatoms. The molecule has 10 nitrogen and oxygen atoms in total. The molecule has 0 aliphatic carbocycles. The third kappa shape index (κ3) is 6.25. The Bertz CT molecular complexity index is 1350. The summed E-state index contributed by atoms with van der Waals surface area (Å²) in [4.78, 5) is 28.9. The van der Waals surface area contributed by atoms with Crippen LogP contribution in [0.4, 0.5) is 17.5 Å². The summed E-state index contributed by atoms with van der Waals surface area (Å²) in [6.45, 7) is 10.0. The molecule has 1 saturated heterocycles. The molecule has 3 aromatic rings. The number of nitrogens with one attached hydrogen (secondary N) is 2. The SMILES string of the molecule is Cc1ccc(NC(=O)c2ccnc(C(C)(C)C#N)c2)cc1-c1cc(N2CCOCC2)nc(NC(C)CO)n1. The lowest BCUT2D eigenvalue weighted by atomic mass is 9.90. The molecule has 1 aliphatic rings. The molecule has 0 spiro atoms. The highest BCUT2D eigenvalue weighted by Crippen LogP contribution is 2.30. The fourth-order valence-corrected chi connectivity index (χ4v) is 4.01. The lowest BCUT2D eigenvalue weighted by Crippen LogP contribution is -2.37. The normalized spacial score (nSPS) is 14.5. The molecule has 1 aliphatic heterocycles. The zero-order valence-electron chi connectivity index (χ0n) is 22.2. The Kier molecular flexibility index (Phi) is 8.20. The van der Waals surface area contributed by atoms with E-state index in [4.69, 9.17) is 9.72 Å². The van der Waals surface area contributed by atoms with Gasteiger partial charge in [-0.1, -0.05) is 6.07 Å². The zero-order valence-corrected chi connectivity index (χ0v) is 22.2. The van der Waals surface area contributed by atoms with E-state index in [1.54, 1.807) is 32.2 Å². The number of aliphatic hydroxyl groups is 1. The molecule has 2 aromatic heterocycles. The maximum atomic E-state index is 13.1. The molecule has 3 heterocycles. The van der Waals surface area contributed by atoms with Gasteiger partial charge in [0.2, 0.25) is 5.95 Å². The van der Waals surface area contributed by atoms with Crippen LogP contribution in [0.3, 0.4) is 0 Å². The van der Waals surface area contributed by atoms with Gasteiger partial charge >= 0.3 is 0 Å². The second-order valence-corrected chi connectivity index (χ2v) is 9.91. The Balaban J connectivity index is 1.66. The van der Waals surface area contributed by atoms with E-state index < -0.39 is 5.41 Å². The number of ether oxygens (including phenoxy) is 1. The first-order chi connectivity index (χ1) is 18.2. The number of carbonyl (C=O) groups is 1. The fraction of sp³-hybridized carbons (Fsp3) is 0.393. The quantitative estimate of drug-likeness (QED) is 0.411. The molecule has 4 rings (SSSR count). The monoisotopic (exact) mass is 515 g/mol. The summed E-state index contributed by atoms with van der Waals surface area (Å²) in [5.74, 6) is 0.890. The first-order valence-electron chi connectivity index (χ1n) is 12.6. The van der Waals surface area contributed by atoms with E-state index in [9.17, 15) is 15.2 Å². The number of carbonyl (C=O) groups excluding carboxylic acids is 1. The van der Waals surface area contributed by atoms with Gasteiger partial charge in [0.15, 0.2) is 0 Å². The summed E-state index contributed by atoms with van der Waals surface area (Å²) in [6, 6.07) is 12.9. The topological polar surface area (TPSA) is 136 Å². The molecule has 1 atom stereocenters. The molecule has 0 bridgehead atoms. The second kappa shape index (κ2) is 11.5. The standard InChI is InChI=1S/C28H33N7O3/c1-18-5-6-21(32-26(37)20-7-8-30-24(13-20)28(3,4)17-29)14-22(18)23-15-25(35-9-11-38-12-10-35)34-27(33-23)31-19(2)16-36/h5-8,13-15,19,36H,9-12,16H2,1-4H3,(H,32,37)(H,31,33,34). The lowest BCUT2D eigenvalue weighted by molar-refractivity contribution is 0.102. The molecule has 198 valence electrons. The minimum Gasteiger partial charge on any atom is -0.394 e. The van der Waals surface area contributed by atoms with E-state index in [2.05, 4.69) is 31.6 Å². The van der Waals surface area contributed by atoms with Crippen molar-refractivity contribution in [2.45, 2.75) is 39.2 Å². The molecule has 38 heavy (non-hydrogen) atoms. The molecular weight excluding hydrogens is 482 g/mol. The van der Waals surface area contributed by atoms with Crippen LogP contribution in [0.15, 0.2) is 42.6 Å². The number of rotatable bonds is 8. The van der Waals surface area contributed by atoms with Gasteiger partial charge in [0.1, 0.15) is 5.82 Å². The maximum Gasteiger partial charge on any atom is 0.255 e. The highest BCUT2D eigenvalue weighted by molar-refractivity contribution is 6.04. The third-order valence-electron chi connectivity index (χ3n) is 6.41. The van der Waals surface area contributed by atoms with Gasteiger partial charge in [-0.25, -0.2) is 4.98 Å². The average Bonchev–Trinajstić information content (AvgIpc) is 2.94. The van der Waals surface area contributed by atoms with Crippen molar-refractivity contribution in [1.82, 2.24) is 15.0 Å². The van der Waals surface area contributed by atoms with Gasteiger partial charge in [0.05, 0.1) is 42.7 Å². The Morgan fingerprint density at radius 2 is 1.97 bits per heavy atom. The average molecular weight is 516 g/mol. The smallest absolute Gasteiger partial charge is 0.255 e. The van der Waals surface area contributed by atoms with Gasteiger partial charge < -0.3 is 25.4 Å². The molecule has 1 fully saturated rings. The number of hydrogen-bond acceptors (Lipinski definition) is 9. The van der Waals surface area contributed by atoms with E-state index in [0.717, 1.165) is 30.0 Å². The van der Waals surface area contributed by atoms with Crippen LogP contribution >= 0.6 is 0 Å². The van der Waals surface area contributed by atoms with E-state index in [1.807, 2.05) is 38.1 Å². The van der Waals surface area contributed by atoms with Crippen LogP contribution in [0.1, 0.15) is 42.4 Å². The summed E-state index contributed by atoms with van der Waals surface area (Å²) in [6.07, 6.45) is 1.54. The molecule has 1 aromatic carbocycles. The van der Waals surface area contributed by atoms with Crippen molar-refractivity contribution in [3.05, 3.63) is 59.4 Å². The number of pyridine rings is 1. The molecule has 0 radical (unpaired) electrons. The number of amides is 1. The zero-order chi connectivity index (χ0) is 27.3. The summed E-state index contributed by atoms with van der Waals surface area (Å²) >= 11 is 0. The van der Waals surface area contributed by atoms with Crippen molar-refractivity contribution in [3.8, 4) is 17.3 Å². The van der Waals surface area contributed by atoms with Crippen LogP contribution in [0, 0.1) is 18.3 Å². The van der Waals surface area contributed by atoms with Crippen LogP contribution in [-0.4, -0.2) is 64.9 Å². The molecule has 0 saturated carbocycles. The van der Waals surface area contributed by atoms with Crippen LogP contribution < -0.4 is 15.5 Å². The summed E-state index contributed by atoms with van der Waals surface area (Å²) in [5, 5.41) is 25.1. The minimum absolute atomic E-state index is 0.0523. The van der Waals surface area contributed by atoms with Crippen molar-refractivity contribution in [1.29, 1.82) is 5.26 Å². The number of hydrogen-bond donors (Lipinski definition) is 3. The Morgan fingerprint density at radius 1 is 1.21 bits per heavy atom. The van der Waals surface area contributed by atoms with Gasteiger partial charge in [-0.15, -0.1) is 0 Å². The van der Waals surface area contributed by atoms with Gasteiger partial charge in [-0.2, -0.15) is 10.2 Å². The summed E-state index contributed by atoms with van der Waals surface area (Å²) in [5.41, 5.74) is 3.28. The van der Waals surface area contributed by atoms with E-state index in [1.165, 1.54) is 0 Å². The number of aliphatic hydroxyl groups excluding tert-OH is 1. The fourth-order valence-electron chi connectivity index (χ4n) is 4.01. The number of aromatic nitrogens is 3. The van der Waals surface area contributed by atoms with E-state index in [0.29, 0.717) is 41.8 Å². The summed E-state index contributed by atoms with van der Waals surface area (Å²) in [7, 11) is 0. The lowest BCUT2D eigenvalue weighted by Gasteiger charge is -2.28. The highest BCUT2D eigenvalue weighted by Gasteiger charge is 2.23. The second-order valence-electron chi connectivity index (χ2n) is 9.91. The highest BCUT2D eigenvalue weighted by atomic mass is 16.5. The molecular formula is C28H33N7O3. The van der Waals surface area contributed by atoms with Gasteiger partial charge in [-0.3, -0.25) is 9.78 Å². The van der Waals surface area contributed by atoms with Crippen LogP contribution in [0.25, 0.3) is 11.3 Å². The van der Waals surface area contributed by atoms with Crippen molar-refractivity contribution < 1.29 is 14.6 Å². The number of anilines is 3. The van der Waals surface area contributed by atoms with Crippen molar-refractivity contribution in [2.75, 3.05) is 48.4 Å². The van der Waals surface area contributed by atoms with Crippen LogP contribution in [-0.2, 0) is 10.2 Å². The molecule has 1 unspecified atom stereocenters. The predicted octanol–water partition coefficient (Wildman–Crippen LogP) is 3.53. The third-order valence-corrected chi connectivity index (χ3v) is 6.41. The Morgan fingerprint density at radius 3 is 2.68 bits per heavy atom.